The van der Waals surface area contributed by atoms with Crippen molar-refractivity contribution in [3.05, 3.63) is 29.8 Å². The Kier molecular flexibility index (Phi) is 4.30. The van der Waals surface area contributed by atoms with E-state index < -0.39 is 0 Å². The van der Waals surface area contributed by atoms with Crippen molar-refractivity contribution in [2.24, 2.45) is 11.7 Å². The molecule has 1 aliphatic rings. The molecular weight excluding hydrogens is 214 g/mol. The lowest BCUT2D eigenvalue weighted by Gasteiger charge is -2.10. The number of rotatable bonds is 6. The summed E-state index contributed by atoms with van der Waals surface area (Å²) in [5.41, 5.74) is 7.44. The Bertz CT molecular complexity index is 333. The zero-order chi connectivity index (χ0) is 11.4. The highest BCUT2D eigenvalue weighted by molar-refractivity contribution is 7.99. The molecular formula is C14H21NS. The second-order valence-electron chi connectivity index (χ2n) is 4.91. The molecule has 0 spiro atoms. The van der Waals surface area contributed by atoms with E-state index in [1.165, 1.54) is 36.1 Å². The summed E-state index contributed by atoms with van der Waals surface area (Å²) in [6, 6.07) is 9.03. The lowest BCUT2D eigenvalue weighted by molar-refractivity contribution is 0.591. The van der Waals surface area contributed by atoms with Crippen LogP contribution in [0, 0.1) is 12.8 Å². The predicted molar refractivity (Wildman–Crippen MR) is 71.8 cm³/mol. The first-order chi connectivity index (χ1) is 7.74. The SMILES string of the molecule is Cc1cccc(SCC(N)CCC2CC2)c1. The van der Waals surface area contributed by atoms with Crippen molar-refractivity contribution in [3.8, 4) is 0 Å². The van der Waals surface area contributed by atoms with Crippen molar-refractivity contribution in [1.29, 1.82) is 0 Å². The van der Waals surface area contributed by atoms with E-state index in [-0.39, 0.29) is 0 Å². The highest BCUT2D eigenvalue weighted by Crippen LogP contribution is 2.34. The van der Waals surface area contributed by atoms with Crippen LogP contribution in [0.1, 0.15) is 31.2 Å². The summed E-state index contributed by atoms with van der Waals surface area (Å²) in [6.45, 7) is 2.14. The van der Waals surface area contributed by atoms with Gasteiger partial charge in [-0.05, 0) is 37.8 Å². The number of aryl methyl sites for hydroxylation is 1. The first-order valence-electron chi connectivity index (χ1n) is 6.19. The molecule has 16 heavy (non-hydrogen) atoms. The van der Waals surface area contributed by atoms with Crippen molar-refractivity contribution in [3.63, 3.8) is 0 Å². The summed E-state index contributed by atoms with van der Waals surface area (Å²) in [4.78, 5) is 1.35. The zero-order valence-electron chi connectivity index (χ0n) is 9.99. The van der Waals surface area contributed by atoms with Crippen molar-refractivity contribution >= 4 is 11.8 Å². The average molecular weight is 235 g/mol. The Balaban J connectivity index is 1.69. The van der Waals surface area contributed by atoms with E-state index in [1.807, 2.05) is 11.8 Å². The smallest absolute Gasteiger partial charge is 0.0134 e. The largest absolute Gasteiger partial charge is 0.327 e. The van der Waals surface area contributed by atoms with Crippen molar-refractivity contribution < 1.29 is 0 Å². The van der Waals surface area contributed by atoms with Crippen LogP contribution in [0.25, 0.3) is 0 Å². The van der Waals surface area contributed by atoms with E-state index in [1.54, 1.807) is 0 Å². The van der Waals surface area contributed by atoms with Crippen LogP contribution in [0.3, 0.4) is 0 Å². The number of thioether (sulfide) groups is 1. The van der Waals surface area contributed by atoms with Gasteiger partial charge in [0.2, 0.25) is 0 Å². The first-order valence-corrected chi connectivity index (χ1v) is 7.17. The minimum atomic E-state index is 0.367. The van der Waals surface area contributed by atoms with E-state index in [2.05, 4.69) is 31.2 Å². The van der Waals surface area contributed by atoms with Gasteiger partial charge in [-0.2, -0.15) is 0 Å². The minimum absolute atomic E-state index is 0.367. The molecule has 1 saturated carbocycles. The number of hydrogen-bond acceptors (Lipinski definition) is 2. The molecule has 88 valence electrons. The third-order valence-electron chi connectivity index (χ3n) is 3.10. The normalized spacial score (nSPS) is 17.4. The van der Waals surface area contributed by atoms with Crippen LogP contribution in [0.2, 0.25) is 0 Å². The predicted octanol–water partition coefficient (Wildman–Crippen LogP) is 3.60. The van der Waals surface area contributed by atoms with Gasteiger partial charge in [-0.1, -0.05) is 30.5 Å². The van der Waals surface area contributed by atoms with E-state index in [0.717, 1.165) is 11.7 Å². The molecule has 0 saturated heterocycles. The van der Waals surface area contributed by atoms with E-state index in [9.17, 15) is 0 Å². The molecule has 0 amide bonds. The molecule has 1 aliphatic carbocycles. The first kappa shape index (κ1) is 12.0. The molecule has 0 aromatic heterocycles. The van der Waals surface area contributed by atoms with E-state index in [0.29, 0.717) is 6.04 Å². The fourth-order valence-electron chi connectivity index (χ4n) is 1.85. The Hall–Kier alpha value is -0.470. The van der Waals surface area contributed by atoms with Gasteiger partial charge < -0.3 is 5.73 Å². The lowest BCUT2D eigenvalue weighted by atomic mass is 10.1. The third-order valence-corrected chi connectivity index (χ3v) is 4.28. The Morgan fingerprint density at radius 1 is 1.44 bits per heavy atom. The Labute approximate surface area is 103 Å². The second kappa shape index (κ2) is 5.74. The Morgan fingerprint density at radius 2 is 2.25 bits per heavy atom. The molecule has 0 radical (unpaired) electrons. The highest BCUT2D eigenvalue weighted by atomic mass is 32.2. The maximum atomic E-state index is 6.11. The van der Waals surface area contributed by atoms with E-state index in [4.69, 9.17) is 5.73 Å². The van der Waals surface area contributed by atoms with Crippen LogP contribution < -0.4 is 5.73 Å². The maximum absolute atomic E-state index is 6.11. The third kappa shape index (κ3) is 4.18. The minimum Gasteiger partial charge on any atom is -0.327 e. The standard InChI is InChI=1S/C14H21NS/c1-11-3-2-4-14(9-11)16-10-13(15)8-7-12-5-6-12/h2-4,9,12-13H,5-8,10,15H2,1H3. The molecule has 2 heteroatoms. The van der Waals surface area contributed by atoms with Crippen LogP contribution in [0.5, 0.6) is 0 Å². The number of benzene rings is 1. The topological polar surface area (TPSA) is 26.0 Å². The number of nitrogens with two attached hydrogens (primary N) is 1. The van der Waals surface area contributed by atoms with Gasteiger partial charge >= 0.3 is 0 Å². The molecule has 2 rings (SSSR count). The van der Waals surface area contributed by atoms with Crippen LogP contribution in [-0.4, -0.2) is 11.8 Å². The summed E-state index contributed by atoms with van der Waals surface area (Å²) in [6.07, 6.45) is 5.43. The van der Waals surface area contributed by atoms with Gasteiger partial charge in [0, 0.05) is 16.7 Å². The van der Waals surface area contributed by atoms with Gasteiger partial charge in [0.15, 0.2) is 0 Å². The quantitative estimate of drug-likeness (QED) is 0.762. The van der Waals surface area contributed by atoms with Gasteiger partial charge in [0.25, 0.3) is 0 Å². The highest BCUT2D eigenvalue weighted by Gasteiger charge is 2.21. The van der Waals surface area contributed by atoms with Crippen molar-refractivity contribution in [1.82, 2.24) is 0 Å². The lowest BCUT2D eigenvalue weighted by Crippen LogP contribution is -2.22. The van der Waals surface area contributed by atoms with Crippen LogP contribution in [0.4, 0.5) is 0 Å². The van der Waals surface area contributed by atoms with Gasteiger partial charge in [-0.25, -0.2) is 0 Å². The van der Waals surface area contributed by atoms with Crippen LogP contribution >= 0.6 is 11.8 Å². The maximum Gasteiger partial charge on any atom is 0.0134 e. The summed E-state index contributed by atoms with van der Waals surface area (Å²) in [7, 11) is 0. The second-order valence-corrected chi connectivity index (χ2v) is 6.00. The summed E-state index contributed by atoms with van der Waals surface area (Å²) in [5, 5.41) is 0. The monoisotopic (exact) mass is 235 g/mol. The van der Waals surface area contributed by atoms with Gasteiger partial charge in [0.1, 0.15) is 0 Å². The molecule has 1 unspecified atom stereocenters. The van der Waals surface area contributed by atoms with Crippen LogP contribution in [-0.2, 0) is 0 Å². The fourth-order valence-corrected chi connectivity index (χ4v) is 2.87. The van der Waals surface area contributed by atoms with Crippen molar-refractivity contribution in [2.75, 3.05) is 5.75 Å². The van der Waals surface area contributed by atoms with Crippen LogP contribution in [0.15, 0.2) is 29.2 Å². The molecule has 1 aromatic rings. The number of hydrogen-bond donors (Lipinski definition) is 1. The zero-order valence-corrected chi connectivity index (χ0v) is 10.8. The van der Waals surface area contributed by atoms with Gasteiger partial charge in [-0.15, -0.1) is 11.8 Å². The average Bonchev–Trinajstić information content (AvgIpc) is 3.07. The molecule has 0 aliphatic heterocycles. The summed E-state index contributed by atoms with van der Waals surface area (Å²) < 4.78 is 0. The van der Waals surface area contributed by atoms with E-state index >= 15 is 0 Å². The molecule has 0 heterocycles. The molecule has 1 aromatic carbocycles. The van der Waals surface area contributed by atoms with Gasteiger partial charge in [0.05, 0.1) is 0 Å². The summed E-state index contributed by atoms with van der Waals surface area (Å²) in [5.74, 6) is 2.06. The fraction of sp³-hybridized carbons (Fsp3) is 0.571. The molecule has 2 N–H and O–H groups in total. The summed E-state index contributed by atoms with van der Waals surface area (Å²) >= 11 is 1.89. The molecule has 1 atom stereocenters. The Morgan fingerprint density at radius 3 is 2.94 bits per heavy atom. The van der Waals surface area contributed by atoms with Crippen molar-refractivity contribution in [2.45, 2.75) is 43.5 Å². The molecule has 1 nitrogen and oxygen atoms in total. The van der Waals surface area contributed by atoms with Gasteiger partial charge in [-0.3, -0.25) is 0 Å². The molecule has 1 fully saturated rings. The molecule has 0 bridgehead atoms.